The van der Waals surface area contributed by atoms with Gasteiger partial charge in [0.15, 0.2) is 5.43 Å². The van der Waals surface area contributed by atoms with Crippen molar-refractivity contribution in [3.8, 4) is 0 Å². The van der Waals surface area contributed by atoms with E-state index in [1.165, 1.54) is 60.8 Å². The highest BCUT2D eigenvalue weighted by molar-refractivity contribution is 6.37. The van der Waals surface area contributed by atoms with Crippen LogP contribution in [0.3, 0.4) is 0 Å². The van der Waals surface area contributed by atoms with E-state index < -0.39 is 17.4 Å². The Morgan fingerprint density at radius 3 is 1.36 bits per heavy atom. The maximum atomic E-state index is 15.3. The van der Waals surface area contributed by atoms with Crippen LogP contribution in [0.15, 0.2) is 62.9 Å². The van der Waals surface area contributed by atoms with Crippen molar-refractivity contribution in [2.24, 2.45) is 11.8 Å². The largest absolute Gasteiger partial charge is 0.289 e. The van der Waals surface area contributed by atoms with E-state index in [2.05, 4.69) is 27.7 Å². The van der Waals surface area contributed by atoms with Crippen molar-refractivity contribution in [1.29, 1.82) is 0 Å². The summed E-state index contributed by atoms with van der Waals surface area (Å²) in [5.41, 5.74) is -0.512. The molecule has 7 heteroatoms. The molecule has 7 rings (SSSR count). The number of hydrogen-bond acceptors (Lipinski definition) is 5. The normalized spacial score (nSPS) is 14.1. The molecule has 1 aromatic heterocycles. The molecule has 7 nitrogen and oxygen atoms in total. The van der Waals surface area contributed by atoms with Gasteiger partial charge in [-0.05, 0) is 83.3 Å². The lowest BCUT2D eigenvalue weighted by Gasteiger charge is -2.31. The van der Waals surface area contributed by atoms with Crippen LogP contribution in [0.25, 0.3) is 53.9 Å². The van der Waals surface area contributed by atoms with Gasteiger partial charge in [0.1, 0.15) is 0 Å². The third-order valence-corrected chi connectivity index (χ3v) is 14.7. The highest BCUT2D eigenvalue weighted by atomic mass is 16.2. The molecule has 2 heterocycles. The third-order valence-electron chi connectivity index (χ3n) is 14.7. The van der Waals surface area contributed by atoms with Gasteiger partial charge in [-0.3, -0.25) is 33.4 Å². The second kappa shape index (κ2) is 22.5. The fourth-order valence-corrected chi connectivity index (χ4v) is 11.0. The molecule has 6 aromatic rings. The molecule has 2 unspecified atom stereocenters. The lowest BCUT2D eigenvalue weighted by molar-refractivity contribution is 0.0580. The molecular weight excluding hydrogens is 793 g/mol. The zero-order valence-corrected chi connectivity index (χ0v) is 39.6. The molecule has 0 radical (unpaired) electrons. The quantitative estimate of drug-likeness (QED) is 0.0362. The summed E-state index contributed by atoms with van der Waals surface area (Å²) < 4.78 is 1.41. The van der Waals surface area contributed by atoms with Crippen LogP contribution in [0.1, 0.15) is 203 Å². The van der Waals surface area contributed by atoms with Crippen LogP contribution >= 0.6 is 0 Å². The maximum Gasteiger partial charge on any atom is 0.262 e. The molecule has 0 saturated heterocycles. The SMILES string of the molecule is CCCCCCCCC(CCCCCC)CN1C(=O)c2c3c(c4c(cc3cc3c(=O)n(CC(CCCCCC)CCCCCCCC)c(=O)c23)c(=O)c2cc3ccccc3cc24)C1=O. The summed E-state index contributed by atoms with van der Waals surface area (Å²) in [5.74, 6) is -0.628. The Morgan fingerprint density at radius 2 is 0.828 bits per heavy atom. The molecule has 342 valence electrons. The van der Waals surface area contributed by atoms with E-state index in [1.54, 1.807) is 12.1 Å². The summed E-state index contributed by atoms with van der Waals surface area (Å²) in [6.07, 6.45) is 26.7. The number of unbranched alkanes of at least 4 members (excludes halogenated alkanes) is 16. The van der Waals surface area contributed by atoms with Gasteiger partial charge in [0, 0.05) is 34.6 Å². The van der Waals surface area contributed by atoms with Gasteiger partial charge in [0.25, 0.3) is 22.9 Å². The Kier molecular flexibility index (Phi) is 16.6. The van der Waals surface area contributed by atoms with Crippen LogP contribution in [0.4, 0.5) is 0 Å². The number of carbonyl (C=O) groups is 2. The first-order chi connectivity index (χ1) is 31.2. The standard InChI is InChI=1S/C57H74N2O5/c1-5-9-13-17-19-23-29-39(27-21-15-11-7-3)37-58-54(61)47-36-43-35-46-49(44-33-41-31-25-26-32-42(41)34-45(44)53(46)60)51-48(43)52(50(47)55(58)62)57(64)59(56(51)63)38-40(28-22-16-12-8-4)30-24-20-18-14-10-6-2/h25-26,31-36,39-40H,5-24,27-30,37-38H2,1-4H3. The summed E-state index contributed by atoms with van der Waals surface area (Å²) >= 11 is 0. The molecule has 2 atom stereocenters. The average Bonchev–Trinajstić information content (AvgIpc) is 3.70. The van der Waals surface area contributed by atoms with Crippen LogP contribution in [-0.4, -0.2) is 27.8 Å². The van der Waals surface area contributed by atoms with Crippen molar-refractivity contribution in [3.05, 3.63) is 90.6 Å². The molecule has 0 bridgehead atoms. The van der Waals surface area contributed by atoms with Crippen molar-refractivity contribution < 1.29 is 9.59 Å². The molecule has 5 aromatic carbocycles. The summed E-state index contributed by atoms with van der Waals surface area (Å²) in [4.78, 5) is 76.1. The highest BCUT2D eigenvalue weighted by Gasteiger charge is 2.39. The molecule has 0 N–H and O–H groups in total. The number of imide groups is 1. The molecule has 64 heavy (non-hydrogen) atoms. The van der Waals surface area contributed by atoms with Crippen molar-refractivity contribution >= 4 is 65.7 Å². The second-order valence-corrected chi connectivity index (χ2v) is 19.5. The van der Waals surface area contributed by atoms with E-state index in [1.807, 2.05) is 36.4 Å². The molecule has 2 amide bonds. The van der Waals surface area contributed by atoms with Crippen molar-refractivity contribution in [2.75, 3.05) is 6.54 Å². The van der Waals surface area contributed by atoms with Gasteiger partial charge >= 0.3 is 0 Å². The van der Waals surface area contributed by atoms with Gasteiger partial charge in [-0.2, -0.15) is 0 Å². The van der Waals surface area contributed by atoms with Crippen LogP contribution in [0.2, 0.25) is 0 Å². The van der Waals surface area contributed by atoms with E-state index in [-0.39, 0.29) is 45.7 Å². The predicted octanol–water partition coefficient (Wildman–Crippen LogP) is 14.5. The van der Waals surface area contributed by atoms with E-state index >= 15 is 9.59 Å². The van der Waals surface area contributed by atoms with Gasteiger partial charge in [-0.15, -0.1) is 0 Å². The Balaban J connectivity index is 1.37. The monoisotopic (exact) mass is 867 g/mol. The van der Waals surface area contributed by atoms with Crippen molar-refractivity contribution in [3.63, 3.8) is 0 Å². The molecule has 0 fully saturated rings. The number of nitrogens with zero attached hydrogens (tertiary/aromatic N) is 2. The number of carbonyl (C=O) groups excluding carboxylic acids is 2. The van der Waals surface area contributed by atoms with Crippen molar-refractivity contribution in [1.82, 2.24) is 9.47 Å². The molecule has 0 saturated carbocycles. The van der Waals surface area contributed by atoms with Gasteiger partial charge in [0.2, 0.25) is 0 Å². The minimum Gasteiger partial charge on any atom is -0.289 e. The third kappa shape index (κ3) is 10.1. The van der Waals surface area contributed by atoms with Crippen LogP contribution < -0.4 is 16.5 Å². The lowest BCUT2D eigenvalue weighted by Crippen LogP contribution is -2.43. The minimum atomic E-state index is -0.491. The van der Waals surface area contributed by atoms with Gasteiger partial charge < -0.3 is 0 Å². The van der Waals surface area contributed by atoms with Crippen LogP contribution in [0.5, 0.6) is 0 Å². The smallest absolute Gasteiger partial charge is 0.262 e. The number of benzene rings is 4. The van der Waals surface area contributed by atoms with Crippen molar-refractivity contribution in [2.45, 2.75) is 188 Å². The second-order valence-electron chi connectivity index (χ2n) is 19.5. The minimum absolute atomic E-state index is 0.101. The summed E-state index contributed by atoms with van der Waals surface area (Å²) in [5, 5.41) is 5.26. The molecule has 1 aliphatic heterocycles. The molecular formula is C57H74N2O5. The van der Waals surface area contributed by atoms with Crippen LogP contribution in [-0.2, 0) is 6.54 Å². The Morgan fingerprint density at radius 1 is 0.406 bits per heavy atom. The van der Waals surface area contributed by atoms with E-state index in [9.17, 15) is 14.4 Å². The first kappa shape index (κ1) is 47.3. The Hall–Kier alpha value is -4.65. The van der Waals surface area contributed by atoms with E-state index in [4.69, 9.17) is 0 Å². The number of fused-ring (bicyclic) bond motifs is 7. The fourth-order valence-electron chi connectivity index (χ4n) is 11.0. The van der Waals surface area contributed by atoms with Gasteiger partial charge in [-0.1, -0.05) is 180 Å². The first-order valence-electron chi connectivity index (χ1n) is 25.7. The first-order valence-corrected chi connectivity index (χ1v) is 25.7. The topological polar surface area (TPSA) is 93.5 Å². The number of rotatable bonds is 28. The van der Waals surface area contributed by atoms with E-state index in [0.29, 0.717) is 44.4 Å². The Bertz CT molecular complexity index is 2720. The lowest BCUT2D eigenvalue weighted by atomic mass is 9.86. The fraction of sp³-hybridized carbons (Fsp3) is 0.561. The molecule has 0 aliphatic carbocycles. The number of amides is 2. The zero-order valence-electron chi connectivity index (χ0n) is 39.6. The number of hydrogen-bond donors (Lipinski definition) is 0. The summed E-state index contributed by atoms with van der Waals surface area (Å²) in [7, 11) is 0. The number of aromatic nitrogens is 1. The highest BCUT2D eigenvalue weighted by Crippen LogP contribution is 2.42. The maximum absolute atomic E-state index is 15.3. The Labute approximate surface area is 380 Å². The summed E-state index contributed by atoms with van der Waals surface area (Å²) in [6.45, 7) is 9.43. The zero-order chi connectivity index (χ0) is 45.2. The summed E-state index contributed by atoms with van der Waals surface area (Å²) in [6, 6.07) is 15.3. The van der Waals surface area contributed by atoms with Gasteiger partial charge in [0.05, 0.1) is 21.9 Å². The average molecular weight is 867 g/mol. The molecule has 1 aliphatic rings. The molecule has 0 spiro atoms. The van der Waals surface area contributed by atoms with Crippen LogP contribution in [0, 0.1) is 11.8 Å². The van der Waals surface area contributed by atoms with E-state index in [0.717, 1.165) is 114 Å². The van der Waals surface area contributed by atoms with Gasteiger partial charge in [-0.25, -0.2) is 0 Å². The predicted molar refractivity (Wildman–Crippen MR) is 269 cm³/mol.